The second-order valence-electron chi connectivity index (χ2n) is 4.05. The number of hydrogen-bond acceptors (Lipinski definition) is 3. The molecule has 5 nitrogen and oxygen atoms in total. The van der Waals surface area contributed by atoms with Crippen molar-refractivity contribution in [1.29, 1.82) is 0 Å². The molecule has 0 aliphatic heterocycles. The lowest BCUT2D eigenvalue weighted by Gasteiger charge is -2.06. The maximum atomic E-state index is 11.3. The summed E-state index contributed by atoms with van der Waals surface area (Å²) in [5.41, 5.74) is 0. The molecule has 0 aromatic heterocycles. The van der Waals surface area contributed by atoms with Crippen molar-refractivity contribution in [2.75, 3.05) is 19.6 Å². The molecule has 0 aromatic rings. The molecule has 1 aliphatic carbocycles. The highest BCUT2D eigenvalue weighted by atomic mass is 16.2. The first-order valence-corrected chi connectivity index (χ1v) is 5.99. The SMILES string of the molecule is CCNCCC(=O)NCCC(=O)NC1CC1. The highest BCUT2D eigenvalue weighted by Crippen LogP contribution is 2.18. The van der Waals surface area contributed by atoms with Gasteiger partial charge in [0, 0.05) is 32.0 Å². The lowest BCUT2D eigenvalue weighted by atomic mass is 10.3. The number of nitrogens with one attached hydrogen (secondary N) is 3. The molecule has 5 heteroatoms. The van der Waals surface area contributed by atoms with Gasteiger partial charge in [-0.15, -0.1) is 0 Å². The Balaban J connectivity index is 1.92. The van der Waals surface area contributed by atoms with Crippen LogP contribution in [0.4, 0.5) is 0 Å². The molecule has 0 bridgehead atoms. The minimum Gasteiger partial charge on any atom is -0.356 e. The Bertz CT molecular complexity index is 239. The lowest BCUT2D eigenvalue weighted by molar-refractivity contribution is -0.122. The highest BCUT2D eigenvalue weighted by molar-refractivity contribution is 5.79. The van der Waals surface area contributed by atoms with Crippen molar-refractivity contribution in [3.8, 4) is 0 Å². The van der Waals surface area contributed by atoms with E-state index >= 15 is 0 Å². The number of amides is 2. The molecule has 0 spiro atoms. The molecule has 0 saturated heterocycles. The molecule has 1 aliphatic rings. The molecule has 0 unspecified atom stereocenters. The van der Waals surface area contributed by atoms with E-state index in [2.05, 4.69) is 16.0 Å². The topological polar surface area (TPSA) is 70.2 Å². The molecule has 92 valence electrons. The van der Waals surface area contributed by atoms with Gasteiger partial charge in [-0.05, 0) is 19.4 Å². The van der Waals surface area contributed by atoms with Crippen LogP contribution >= 0.6 is 0 Å². The summed E-state index contributed by atoms with van der Waals surface area (Å²) in [6, 6.07) is 0.400. The summed E-state index contributed by atoms with van der Waals surface area (Å²) in [5, 5.41) is 8.68. The zero-order valence-electron chi connectivity index (χ0n) is 9.84. The highest BCUT2D eigenvalue weighted by Gasteiger charge is 2.22. The molecule has 0 radical (unpaired) electrons. The molecular weight excluding hydrogens is 206 g/mol. The van der Waals surface area contributed by atoms with E-state index in [1.54, 1.807) is 0 Å². The van der Waals surface area contributed by atoms with Gasteiger partial charge in [-0.25, -0.2) is 0 Å². The number of carbonyl (C=O) groups excluding carboxylic acids is 2. The van der Waals surface area contributed by atoms with E-state index in [1.807, 2.05) is 6.92 Å². The van der Waals surface area contributed by atoms with Crippen LogP contribution in [0.3, 0.4) is 0 Å². The third-order valence-electron chi connectivity index (χ3n) is 2.40. The maximum absolute atomic E-state index is 11.3. The van der Waals surface area contributed by atoms with E-state index in [0.29, 0.717) is 32.0 Å². The van der Waals surface area contributed by atoms with Gasteiger partial charge in [0.25, 0.3) is 0 Å². The molecular formula is C11H21N3O2. The van der Waals surface area contributed by atoms with Crippen LogP contribution in [0.25, 0.3) is 0 Å². The molecule has 1 rings (SSSR count). The van der Waals surface area contributed by atoms with Gasteiger partial charge in [0.1, 0.15) is 0 Å². The zero-order valence-corrected chi connectivity index (χ0v) is 9.84. The van der Waals surface area contributed by atoms with E-state index in [0.717, 1.165) is 19.4 Å². The van der Waals surface area contributed by atoms with Gasteiger partial charge in [-0.3, -0.25) is 9.59 Å². The van der Waals surface area contributed by atoms with Crippen molar-refractivity contribution < 1.29 is 9.59 Å². The number of carbonyl (C=O) groups is 2. The zero-order chi connectivity index (χ0) is 11.8. The fourth-order valence-electron chi connectivity index (χ4n) is 1.31. The summed E-state index contributed by atoms with van der Waals surface area (Å²) in [6.45, 7) is 4.00. The fourth-order valence-corrected chi connectivity index (χ4v) is 1.31. The second kappa shape index (κ2) is 7.22. The average molecular weight is 227 g/mol. The van der Waals surface area contributed by atoms with Gasteiger partial charge in [-0.1, -0.05) is 6.92 Å². The van der Waals surface area contributed by atoms with Crippen LogP contribution in [0.5, 0.6) is 0 Å². The summed E-state index contributed by atoms with van der Waals surface area (Å²) in [7, 11) is 0. The molecule has 1 fully saturated rings. The van der Waals surface area contributed by atoms with Gasteiger partial charge in [0.2, 0.25) is 11.8 Å². The normalized spacial score (nSPS) is 14.6. The predicted molar refractivity (Wildman–Crippen MR) is 62.0 cm³/mol. The van der Waals surface area contributed by atoms with Crippen molar-refractivity contribution in [2.45, 2.75) is 38.6 Å². The molecule has 2 amide bonds. The predicted octanol–water partition coefficient (Wildman–Crippen LogP) is -0.229. The van der Waals surface area contributed by atoms with Gasteiger partial charge in [0.15, 0.2) is 0 Å². The number of hydrogen-bond donors (Lipinski definition) is 3. The van der Waals surface area contributed by atoms with Gasteiger partial charge in [0.05, 0.1) is 0 Å². The summed E-state index contributed by atoms with van der Waals surface area (Å²) in [4.78, 5) is 22.5. The van der Waals surface area contributed by atoms with Crippen LogP contribution in [0.15, 0.2) is 0 Å². The Morgan fingerprint density at radius 2 is 1.81 bits per heavy atom. The maximum Gasteiger partial charge on any atom is 0.221 e. The molecule has 1 saturated carbocycles. The van der Waals surface area contributed by atoms with E-state index < -0.39 is 0 Å². The van der Waals surface area contributed by atoms with Crippen molar-refractivity contribution >= 4 is 11.8 Å². The van der Waals surface area contributed by atoms with Crippen LogP contribution < -0.4 is 16.0 Å². The first-order chi connectivity index (χ1) is 7.72. The van der Waals surface area contributed by atoms with Crippen LogP contribution in [0.2, 0.25) is 0 Å². The molecule has 0 heterocycles. The molecule has 0 atom stereocenters. The smallest absolute Gasteiger partial charge is 0.221 e. The van der Waals surface area contributed by atoms with Crippen molar-refractivity contribution in [1.82, 2.24) is 16.0 Å². The average Bonchev–Trinajstić information content (AvgIpc) is 3.02. The third kappa shape index (κ3) is 6.40. The van der Waals surface area contributed by atoms with E-state index in [-0.39, 0.29) is 11.8 Å². The Kier molecular flexibility index (Phi) is 5.85. The summed E-state index contributed by atoms with van der Waals surface area (Å²) in [6.07, 6.45) is 3.04. The van der Waals surface area contributed by atoms with Crippen molar-refractivity contribution in [2.24, 2.45) is 0 Å². The minimum atomic E-state index is 0.000159. The molecule has 3 N–H and O–H groups in total. The Morgan fingerprint density at radius 3 is 2.44 bits per heavy atom. The Hall–Kier alpha value is -1.10. The Labute approximate surface area is 96.4 Å². The second-order valence-corrected chi connectivity index (χ2v) is 4.05. The minimum absolute atomic E-state index is 0.000159. The number of rotatable bonds is 8. The van der Waals surface area contributed by atoms with Crippen molar-refractivity contribution in [3.63, 3.8) is 0 Å². The van der Waals surface area contributed by atoms with Crippen LogP contribution in [0.1, 0.15) is 32.6 Å². The van der Waals surface area contributed by atoms with E-state index in [1.165, 1.54) is 0 Å². The van der Waals surface area contributed by atoms with Crippen LogP contribution in [0, 0.1) is 0 Å². The lowest BCUT2D eigenvalue weighted by Crippen LogP contribution is -2.32. The Morgan fingerprint density at radius 1 is 1.12 bits per heavy atom. The van der Waals surface area contributed by atoms with E-state index in [4.69, 9.17) is 0 Å². The first kappa shape index (κ1) is 13.0. The largest absolute Gasteiger partial charge is 0.356 e. The summed E-state index contributed by atoms with van der Waals surface area (Å²) in [5.74, 6) is 0.0367. The fraction of sp³-hybridized carbons (Fsp3) is 0.818. The summed E-state index contributed by atoms with van der Waals surface area (Å²) < 4.78 is 0. The molecule has 0 aromatic carbocycles. The van der Waals surface area contributed by atoms with Crippen LogP contribution in [-0.4, -0.2) is 37.5 Å². The monoisotopic (exact) mass is 227 g/mol. The quantitative estimate of drug-likeness (QED) is 0.502. The van der Waals surface area contributed by atoms with E-state index in [9.17, 15) is 9.59 Å². The van der Waals surface area contributed by atoms with Gasteiger partial charge >= 0.3 is 0 Å². The van der Waals surface area contributed by atoms with Crippen molar-refractivity contribution in [3.05, 3.63) is 0 Å². The van der Waals surface area contributed by atoms with Gasteiger partial charge in [-0.2, -0.15) is 0 Å². The standard InChI is InChI=1S/C11H21N3O2/c1-2-12-7-5-10(15)13-8-6-11(16)14-9-3-4-9/h9,12H,2-8H2,1H3,(H,13,15)(H,14,16). The van der Waals surface area contributed by atoms with Crippen LogP contribution in [-0.2, 0) is 9.59 Å². The van der Waals surface area contributed by atoms with Gasteiger partial charge < -0.3 is 16.0 Å². The third-order valence-corrected chi connectivity index (χ3v) is 2.40. The first-order valence-electron chi connectivity index (χ1n) is 5.99. The molecule has 16 heavy (non-hydrogen) atoms. The summed E-state index contributed by atoms with van der Waals surface area (Å²) >= 11 is 0.